The monoisotopic (exact) mass is 389 g/mol. The van der Waals surface area contributed by atoms with Gasteiger partial charge in [0.1, 0.15) is 5.60 Å². The summed E-state index contributed by atoms with van der Waals surface area (Å²) >= 11 is 3.27. The smallest absolute Gasteiger partial charge is 0.408 e. The molecule has 1 amide bonds. The number of hydrogen-bond donors (Lipinski definition) is 1. The van der Waals surface area contributed by atoms with Crippen LogP contribution in [0.2, 0.25) is 0 Å². The Kier molecular flexibility index (Phi) is 4.59. The third-order valence-electron chi connectivity index (χ3n) is 3.24. The van der Waals surface area contributed by atoms with Gasteiger partial charge in [0.15, 0.2) is 9.84 Å². The maximum Gasteiger partial charge on any atom is 0.408 e. The Bertz CT molecular complexity index is 675. The van der Waals surface area contributed by atoms with Gasteiger partial charge >= 0.3 is 6.09 Å². The molecule has 0 spiro atoms. The lowest BCUT2D eigenvalue weighted by Crippen LogP contribution is -2.44. The highest BCUT2D eigenvalue weighted by atomic mass is 79.9. The number of alkyl carbamates (subject to hydrolysis) is 1. The summed E-state index contributed by atoms with van der Waals surface area (Å²) in [5.74, 6) is -0.115. The van der Waals surface area contributed by atoms with Crippen molar-refractivity contribution in [1.82, 2.24) is 5.32 Å². The molecular weight excluding hydrogens is 370 g/mol. The molecule has 1 fully saturated rings. The summed E-state index contributed by atoms with van der Waals surface area (Å²) < 4.78 is 30.9. The number of ether oxygens (including phenoxy) is 1. The van der Waals surface area contributed by atoms with E-state index in [2.05, 4.69) is 21.2 Å². The summed E-state index contributed by atoms with van der Waals surface area (Å²) in [6, 6.07) is 6.57. The molecule has 0 unspecified atom stereocenters. The lowest BCUT2D eigenvalue weighted by atomic mass is 10.2. The average Bonchev–Trinajstić information content (AvgIpc) is 3.04. The van der Waals surface area contributed by atoms with Crippen molar-refractivity contribution in [2.45, 2.75) is 49.6 Å². The van der Waals surface area contributed by atoms with Crippen molar-refractivity contribution >= 4 is 31.9 Å². The lowest BCUT2D eigenvalue weighted by Gasteiger charge is -2.23. The van der Waals surface area contributed by atoms with Crippen LogP contribution in [0, 0.1) is 0 Å². The van der Waals surface area contributed by atoms with Crippen molar-refractivity contribution in [2.24, 2.45) is 0 Å². The second kappa shape index (κ2) is 5.85. The van der Waals surface area contributed by atoms with Crippen LogP contribution in [-0.2, 0) is 14.6 Å². The van der Waals surface area contributed by atoms with E-state index in [1.807, 2.05) is 0 Å². The number of sulfone groups is 1. The summed E-state index contributed by atoms with van der Waals surface area (Å²) in [7, 11) is -3.47. The molecule has 0 heterocycles. The number of carbonyl (C=O) groups excluding carboxylic acids is 1. The van der Waals surface area contributed by atoms with Gasteiger partial charge in [-0.1, -0.05) is 22.0 Å². The van der Waals surface area contributed by atoms with Crippen LogP contribution in [0.15, 0.2) is 33.6 Å². The van der Waals surface area contributed by atoms with Gasteiger partial charge in [-0.15, -0.1) is 0 Å². The molecule has 7 heteroatoms. The molecule has 0 aliphatic heterocycles. The molecule has 0 saturated heterocycles. The van der Waals surface area contributed by atoms with Crippen molar-refractivity contribution < 1.29 is 17.9 Å². The number of benzene rings is 1. The van der Waals surface area contributed by atoms with Gasteiger partial charge in [-0.2, -0.15) is 0 Å². The maximum absolute atomic E-state index is 12.5. The van der Waals surface area contributed by atoms with Gasteiger partial charge in [-0.3, -0.25) is 0 Å². The summed E-state index contributed by atoms with van der Waals surface area (Å²) in [5, 5.41) is 2.71. The molecule has 1 saturated carbocycles. The van der Waals surface area contributed by atoms with Crippen molar-refractivity contribution in [3.05, 3.63) is 28.7 Å². The first-order valence-corrected chi connectivity index (χ1v) is 9.45. The molecule has 1 aromatic rings. The predicted octanol–water partition coefficient (Wildman–Crippen LogP) is 3.28. The lowest BCUT2D eigenvalue weighted by molar-refractivity contribution is 0.0502. The van der Waals surface area contributed by atoms with Gasteiger partial charge in [0.05, 0.1) is 16.2 Å². The predicted molar refractivity (Wildman–Crippen MR) is 87.5 cm³/mol. The zero-order valence-electron chi connectivity index (χ0n) is 12.8. The highest BCUT2D eigenvalue weighted by Gasteiger charge is 2.48. The second-order valence-electron chi connectivity index (χ2n) is 6.62. The molecule has 0 radical (unpaired) electrons. The Balaban J connectivity index is 2.08. The molecule has 122 valence electrons. The molecule has 1 N–H and O–H groups in total. The first-order chi connectivity index (χ1) is 10.0. The van der Waals surface area contributed by atoms with Gasteiger partial charge in [-0.25, -0.2) is 13.2 Å². The van der Waals surface area contributed by atoms with Gasteiger partial charge in [0.2, 0.25) is 0 Å². The van der Waals surface area contributed by atoms with E-state index in [4.69, 9.17) is 4.74 Å². The van der Waals surface area contributed by atoms with Crippen molar-refractivity contribution in [3.63, 3.8) is 0 Å². The van der Waals surface area contributed by atoms with Crippen LogP contribution in [0.5, 0.6) is 0 Å². The Morgan fingerprint density at radius 1 is 1.36 bits per heavy atom. The minimum Gasteiger partial charge on any atom is -0.444 e. The Hall–Kier alpha value is -1.08. The minimum atomic E-state index is -3.47. The first kappa shape index (κ1) is 17.3. The van der Waals surface area contributed by atoms with E-state index in [0.717, 1.165) is 0 Å². The van der Waals surface area contributed by atoms with E-state index in [-0.39, 0.29) is 10.6 Å². The van der Waals surface area contributed by atoms with E-state index >= 15 is 0 Å². The van der Waals surface area contributed by atoms with E-state index in [1.165, 1.54) is 0 Å². The highest BCUT2D eigenvalue weighted by molar-refractivity contribution is 9.10. The third kappa shape index (κ3) is 4.71. The van der Waals surface area contributed by atoms with Crippen LogP contribution in [0.4, 0.5) is 4.79 Å². The highest BCUT2D eigenvalue weighted by Crippen LogP contribution is 2.38. The fourth-order valence-corrected chi connectivity index (χ4v) is 4.48. The Morgan fingerprint density at radius 3 is 2.50 bits per heavy atom. The zero-order valence-corrected chi connectivity index (χ0v) is 15.3. The van der Waals surface area contributed by atoms with Gasteiger partial charge in [0, 0.05) is 4.47 Å². The van der Waals surface area contributed by atoms with Crippen LogP contribution in [0.25, 0.3) is 0 Å². The molecule has 0 atom stereocenters. The summed E-state index contributed by atoms with van der Waals surface area (Å²) in [4.78, 5) is 12.1. The quantitative estimate of drug-likeness (QED) is 0.857. The number of carbonyl (C=O) groups is 1. The fourth-order valence-electron chi connectivity index (χ4n) is 2.08. The van der Waals surface area contributed by atoms with E-state index in [0.29, 0.717) is 17.3 Å². The van der Waals surface area contributed by atoms with Crippen molar-refractivity contribution in [3.8, 4) is 0 Å². The largest absolute Gasteiger partial charge is 0.444 e. The molecule has 1 aliphatic carbocycles. The molecule has 2 rings (SSSR count). The SMILES string of the molecule is CC(C)(C)OC(=O)NC1(CS(=O)(=O)c2cccc(Br)c2)CC1. The maximum atomic E-state index is 12.5. The first-order valence-electron chi connectivity index (χ1n) is 7.01. The Labute approximate surface area is 139 Å². The van der Waals surface area contributed by atoms with Gasteiger partial charge in [-0.05, 0) is 51.8 Å². The molecule has 1 aromatic carbocycles. The van der Waals surface area contributed by atoms with E-state index < -0.39 is 27.1 Å². The third-order valence-corrected chi connectivity index (χ3v) is 5.64. The van der Waals surface area contributed by atoms with E-state index in [9.17, 15) is 13.2 Å². The number of halogens is 1. The van der Waals surface area contributed by atoms with Crippen LogP contribution >= 0.6 is 15.9 Å². The molecule has 0 bridgehead atoms. The fraction of sp³-hybridized carbons (Fsp3) is 0.533. The summed E-state index contributed by atoms with van der Waals surface area (Å²) in [6.07, 6.45) is 0.702. The van der Waals surface area contributed by atoms with Crippen LogP contribution < -0.4 is 5.32 Å². The minimum absolute atomic E-state index is 0.115. The van der Waals surface area contributed by atoms with Crippen LogP contribution in [0.1, 0.15) is 33.6 Å². The second-order valence-corrected chi connectivity index (χ2v) is 9.53. The molecule has 22 heavy (non-hydrogen) atoms. The normalized spacial score (nSPS) is 16.9. The number of amides is 1. The van der Waals surface area contributed by atoms with Crippen molar-refractivity contribution in [2.75, 3.05) is 5.75 Å². The zero-order chi connectivity index (χ0) is 16.6. The molecule has 1 aliphatic rings. The number of rotatable bonds is 4. The number of hydrogen-bond acceptors (Lipinski definition) is 4. The standard InChI is InChI=1S/C15H20BrNO4S/c1-14(2,3)21-13(18)17-15(7-8-15)10-22(19,20)12-6-4-5-11(16)9-12/h4-6,9H,7-8,10H2,1-3H3,(H,17,18). The van der Waals surface area contributed by atoms with Gasteiger partial charge < -0.3 is 10.1 Å². The molecule has 5 nitrogen and oxygen atoms in total. The van der Waals surface area contributed by atoms with Gasteiger partial charge in [0.25, 0.3) is 0 Å². The average molecular weight is 390 g/mol. The van der Waals surface area contributed by atoms with Crippen molar-refractivity contribution in [1.29, 1.82) is 0 Å². The van der Waals surface area contributed by atoms with Crippen LogP contribution in [0.3, 0.4) is 0 Å². The topological polar surface area (TPSA) is 72.5 Å². The van der Waals surface area contributed by atoms with Crippen LogP contribution in [-0.4, -0.2) is 31.4 Å². The molecule has 0 aromatic heterocycles. The molecular formula is C15H20BrNO4S. The van der Waals surface area contributed by atoms with E-state index in [1.54, 1.807) is 45.0 Å². The number of nitrogens with one attached hydrogen (secondary N) is 1. The summed E-state index contributed by atoms with van der Waals surface area (Å²) in [5.41, 5.74) is -1.31. The Morgan fingerprint density at radius 2 is 2.00 bits per heavy atom. The summed E-state index contributed by atoms with van der Waals surface area (Å²) in [6.45, 7) is 5.30.